The zero-order valence-corrected chi connectivity index (χ0v) is 13.0. The summed E-state index contributed by atoms with van der Waals surface area (Å²) >= 11 is 5.78. The van der Waals surface area contributed by atoms with Crippen molar-refractivity contribution in [3.8, 4) is 0 Å². The van der Waals surface area contributed by atoms with E-state index in [1.807, 2.05) is 6.92 Å². The molecule has 0 bridgehead atoms. The van der Waals surface area contributed by atoms with Crippen molar-refractivity contribution in [1.29, 1.82) is 0 Å². The van der Waals surface area contributed by atoms with Gasteiger partial charge >= 0.3 is 0 Å². The first-order valence-electron chi connectivity index (χ1n) is 6.56. The fraction of sp³-hybridized carbons (Fsp3) is 0.538. The maximum absolute atomic E-state index is 14.1. The van der Waals surface area contributed by atoms with Crippen LogP contribution in [0.5, 0.6) is 0 Å². The van der Waals surface area contributed by atoms with Crippen LogP contribution in [0.4, 0.5) is 4.39 Å². The summed E-state index contributed by atoms with van der Waals surface area (Å²) < 4.78 is 46.6. The van der Waals surface area contributed by atoms with Crippen molar-refractivity contribution >= 4 is 21.6 Å². The molecule has 21 heavy (non-hydrogen) atoms. The topological polar surface area (TPSA) is 75.6 Å². The minimum atomic E-state index is -4.05. The fourth-order valence-electron chi connectivity index (χ4n) is 2.32. The van der Waals surface area contributed by atoms with E-state index in [1.165, 1.54) is 6.07 Å². The Morgan fingerprint density at radius 1 is 1.52 bits per heavy atom. The molecule has 5 nitrogen and oxygen atoms in total. The Morgan fingerprint density at radius 2 is 2.24 bits per heavy atom. The monoisotopic (exact) mass is 337 g/mol. The average molecular weight is 338 g/mol. The van der Waals surface area contributed by atoms with Crippen molar-refractivity contribution in [1.82, 2.24) is 4.72 Å². The molecule has 1 aliphatic rings. The van der Waals surface area contributed by atoms with Crippen molar-refractivity contribution in [2.24, 2.45) is 0 Å². The summed E-state index contributed by atoms with van der Waals surface area (Å²) in [6, 6.07) is 1.93. The van der Waals surface area contributed by atoms with Crippen LogP contribution in [0.3, 0.4) is 0 Å². The van der Waals surface area contributed by atoms with E-state index in [1.54, 1.807) is 0 Å². The van der Waals surface area contributed by atoms with Crippen LogP contribution in [0.15, 0.2) is 17.0 Å². The van der Waals surface area contributed by atoms with E-state index in [0.29, 0.717) is 19.4 Å². The zero-order chi connectivity index (χ0) is 15.6. The smallest absolute Gasteiger partial charge is 0.243 e. The van der Waals surface area contributed by atoms with Crippen LogP contribution < -0.4 is 4.72 Å². The number of aliphatic hydroxyl groups excluding tert-OH is 1. The van der Waals surface area contributed by atoms with Gasteiger partial charge in [0.1, 0.15) is 10.7 Å². The van der Waals surface area contributed by atoms with Crippen molar-refractivity contribution in [3.05, 3.63) is 28.5 Å². The van der Waals surface area contributed by atoms with Crippen molar-refractivity contribution in [2.75, 3.05) is 6.61 Å². The second-order valence-electron chi connectivity index (χ2n) is 5.06. The van der Waals surface area contributed by atoms with Crippen molar-refractivity contribution in [3.63, 3.8) is 0 Å². The summed E-state index contributed by atoms with van der Waals surface area (Å²) in [5, 5.41) is 9.12. The molecule has 2 N–H and O–H groups in total. The minimum absolute atomic E-state index is 0.0522. The predicted octanol–water partition coefficient (Wildman–Crippen LogP) is 1.82. The Kier molecular flexibility index (Phi) is 5.21. The van der Waals surface area contributed by atoms with Gasteiger partial charge in [0.25, 0.3) is 0 Å². The van der Waals surface area contributed by atoms with Crippen molar-refractivity contribution < 1.29 is 22.7 Å². The van der Waals surface area contributed by atoms with E-state index in [9.17, 15) is 12.8 Å². The van der Waals surface area contributed by atoms with Gasteiger partial charge in [0.15, 0.2) is 0 Å². The number of nitrogens with one attached hydrogen (secondary N) is 1. The standard InChI is InChI=1S/C13H17ClFNO4S/c1-8-4-11(2-3-20-8)16-21(18,19)12-6-10(14)5-9(7-17)13(12)15/h5-6,8,11,16-17H,2-4,7H2,1H3. The maximum Gasteiger partial charge on any atom is 0.243 e. The van der Waals surface area contributed by atoms with Gasteiger partial charge in [0.2, 0.25) is 10.0 Å². The minimum Gasteiger partial charge on any atom is -0.392 e. The number of hydrogen-bond donors (Lipinski definition) is 2. The van der Waals surface area contributed by atoms with Gasteiger partial charge in [-0.1, -0.05) is 11.6 Å². The van der Waals surface area contributed by atoms with Crippen molar-refractivity contribution in [2.45, 2.75) is 43.4 Å². The zero-order valence-electron chi connectivity index (χ0n) is 11.5. The molecular weight excluding hydrogens is 321 g/mol. The van der Waals surface area contributed by atoms with E-state index < -0.39 is 27.3 Å². The van der Waals surface area contributed by atoms with Gasteiger partial charge in [-0.25, -0.2) is 17.5 Å². The quantitative estimate of drug-likeness (QED) is 0.878. The van der Waals surface area contributed by atoms with Gasteiger partial charge in [-0.15, -0.1) is 0 Å². The summed E-state index contributed by atoms with van der Waals surface area (Å²) in [5.41, 5.74) is -0.150. The highest BCUT2D eigenvalue weighted by Crippen LogP contribution is 2.25. The second-order valence-corrected chi connectivity index (χ2v) is 7.18. The summed E-state index contributed by atoms with van der Waals surface area (Å²) in [4.78, 5) is -0.543. The Bertz CT molecular complexity index is 623. The Hall–Kier alpha value is -0.730. The van der Waals surface area contributed by atoms with Gasteiger partial charge in [-0.05, 0) is 31.9 Å². The molecule has 0 aliphatic carbocycles. The Morgan fingerprint density at radius 3 is 2.86 bits per heavy atom. The molecule has 1 aromatic carbocycles. The third-order valence-corrected chi connectivity index (χ3v) is 5.08. The Labute approximate surface area is 128 Å². The number of benzene rings is 1. The third-order valence-electron chi connectivity index (χ3n) is 3.35. The molecule has 1 aromatic rings. The number of sulfonamides is 1. The maximum atomic E-state index is 14.1. The molecule has 2 rings (SSSR count). The number of ether oxygens (including phenoxy) is 1. The number of hydrogen-bond acceptors (Lipinski definition) is 4. The lowest BCUT2D eigenvalue weighted by atomic mass is 10.1. The van der Waals surface area contributed by atoms with Crippen LogP contribution in [0.1, 0.15) is 25.3 Å². The van der Waals surface area contributed by atoms with Gasteiger partial charge < -0.3 is 9.84 Å². The summed E-state index contributed by atoms with van der Waals surface area (Å²) in [5.74, 6) is -0.977. The summed E-state index contributed by atoms with van der Waals surface area (Å²) in [7, 11) is -4.05. The molecule has 0 amide bonds. The SMILES string of the molecule is CC1CC(NS(=O)(=O)c2cc(Cl)cc(CO)c2F)CCO1. The molecule has 1 heterocycles. The molecule has 0 saturated carbocycles. The van der Waals surface area contributed by atoms with Gasteiger partial charge in [0, 0.05) is 23.2 Å². The molecule has 0 aromatic heterocycles. The molecule has 1 saturated heterocycles. The second kappa shape index (κ2) is 6.58. The molecular formula is C13H17ClFNO4S. The molecule has 2 atom stereocenters. The van der Waals surface area contributed by atoms with Gasteiger partial charge in [-0.3, -0.25) is 0 Å². The van der Waals surface area contributed by atoms with E-state index in [4.69, 9.17) is 21.4 Å². The molecule has 0 spiro atoms. The summed E-state index contributed by atoms with van der Waals surface area (Å²) in [6.45, 7) is 1.68. The first kappa shape index (κ1) is 16.6. The highest BCUT2D eigenvalue weighted by molar-refractivity contribution is 7.89. The molecule has 2 unspecified atom stereocenters. The predicted molar refractivity (Wildman–Crippen MR) is 76.1 cm³/mol. The van der Waals surface area contributed by atoms with E-state index >= 15 is 0 Å². The first-order chi connectivity index (χ1) is 9.83. The van der Waals surface area contributed by atoms with Gasteiger partial charge in [0.05, 0.1) is 12.7 Å². The van der Waals surface area contributed by atoms with Crippen LogP contribution in [0, 0.1) is 5.82 Å². The van der Waals surface area contributed by atoms with E-state index in [-0.39, 0.29) is 22.7 Å². The third kappa shape index (κ3) is 3.92. The lowest BCUT2D eigenvalue weighted by molar-refractivity contribution is 0.0173. The molecule has 1 fully saturated rings. The largest absolute Gasteiger partial charge is 0.392 e. The van der Waals surface area contributed by atoms with E-state index in [2.05, 4.69) is 4.72 Å². The average Bonchev–Trinajstić information content (AvgIpc) is 2.40. The summed E-state index contributed by atoms with van der Waals surface area (Å²) in [6.07, 6.45) is 0.996. The number of aliphatic hydroxyl groups is 1. The van der Waals surface area contributed by atoms with Crippen LogP contribution in [-0.4, -0.2) is 32.3 Å². The fourth-order valence-corrected chi connectivity index (χ4v) is 4.05. The van der Waals surface area contributed by atoms with Crippen LogP contribution in [-0.2, 0) is 21.4 Å². The molecule has 118 valence electrons. The Balaban J connectivity index is 2.29. The molecule has 1 aliphatic heterocycles. The van der Waals surface area contributed by atoms with Crippen LogP contribution in [0.25, 0.3) is 0 Å². The highest BCUT2D eigenvalue weighted by Gasteiger charge is 2.28. The van der Waals surface area contributed by atoms with Crippen LogP contribution >= 0.6 is 11.6 Å². The lowest BCUT2D eigenvalue weighted by Crippen LogP contribution is -2.41. The van der Waals surface area contributed by atoms with Gasteiger partial charge in [-0.2, -0.15) is 0 Å². The number of halogens is 2. The van der Waals surface area contributed by atoms with Crippen LogP contribution in [0.2, 0.25) is 5.02 Å². The molecule has 0 radical (unpaired) electrons. The molecule has 8 heteroatoms. The lowest BCUT2D eigenvalue weighted by Gasteiger charge is -2.27. The van der Waals surface area contributed by atoms with E-state index in [0.717, 1.165) is 6.07 Å². The normalized spacial score (nSPS) is 23.2. The number of rotatable bonds is 4. The highest BCUT2D eigenvalue weighted by atomic mass is 35.5. The first-order valence-corrected chi connectivity index (χ1v) is 8.42.